The molecule has 2 aromatic heterocycles. The Morgan fingerprint density at radius 2 is 1.69 bits per heavy atom. The number of nitrogens with zero attached hydrogens (tertiary/aromatic N) is 4. The van der Waals surface area contributed by atoms with Crippen molar-refractivity contribution in [2.24, 2.45) is 0 Å². The van der Waals surface area contributed by atoms with Gasteiger partial charge < -0.3 is 10.6 Å². The van der Waals surface area contributed by atoms with Crippen LogP contribution in [0.5, 0.6) is 0 Å². The van der Waals surface area contributed by atoms with Crippen molar-refractivity contribution < 1.29 is 0 Å². The van der Waals surface area contributed by atoms with Crippen LogP contribution in [0.3, 0.4) is 0 Å². The van der Waals surface area contributed by atoms with Crippen LogP contribution in [0, 0.1) is 13.8 Å². The van der Waals surface area contributed by atoms with Crippen molar-refractivity contribution in [3.63, 3.8) is 0 Å². The van der Waals surface area contributed by atoms with Crippen LogP contribution in [-0.4, -0.2) is 24.7 Å². The smallest absolute Gasteiger partial charge is 0.175 e. The van der Waals surface area contributed by atoms with Crippen molar-refractivity contribution in [2.45, 2.75) is 26.9 Å². The monoisotopic (exact) mass is 484 g/mol. The highest BCUT2D eigenvalue weighted by molar-refractivity contribution is 7.80. The number of aryl methyl sites for hydroxylation is 1. The van der Waals surface area contributed by atoms with E-state index in [0.29, 0.717) is 28.2 Å². The molecule has 0 amide bonds. The topological polar surface area (TPSA) is 59.7 Å². The van der Waals surface area contributed by atoms with Crippen LogP contribution in [0.1, 0.15) is 22.5 Å². The Morgan fingerprint density at radius 1 is 0.969 bits per heavy atom. The summed E-state index contributed by atoms with van der Waals surface area (Å²) in [7, 11) is 0. The number of rotatable bonds is 6. The molecule has 2 heterocycles. The lowest BCUT2D eigenvalue weighted by atomic mass is 10.2. The molecule has 0 aliphatic carbocycles. The van der Waals surface area contributed by atoms with Gasteiger partial charge in [0.2, 0.25) is 0 Å². The minimum atomic E-state index is 0.464. The van der Waals surface area contributed by atoms with Gasteiger partial charge in [-0.15, -0.1) is 0 Å². The fourth-order valence-corrected chi connectivity index (χ4v) is 4.16. The second kappa shape index (κ2) is 9.73. The lowest BCUT2D eigenvalue weighted by Gasteiger charge is -2.11. The summed E-state index contributed by atoms with van der Waals surface area (Å²) in [6.45, 7) is 5.08. The van der Waals surface area contributed by atoms with E-state index in [1.807, 2.05) is 65.8 Å². The SMILES string of the molecule is Cc1nn(Cc2c(Cl)cccc2Cl)c(C)c1NC(=S)Nc1cnn(Cc2ccccc2)c1. The highest BCUT2D eigenvalue weighted by Gasteiger charge is 2.15. The summed E-state index contributed by atoms with van der Waals surface area (Å²) in [5.41, 5.74) is 5.43. The predicted molar refractivity (Wildman–Crippen MR) is 135 cm³/mol. The molecule has 0 aliphatic heterocycles. The summed E-state index contributed by atoms with van der Waals surface area (Å²) in [5.74, 6) is 0. The first-order valence-electron chi connectivity index (χ1n) is 10.0. The van der Waals surface area contributed by atoms with Crippen LogP contribution < -0.4 is 10.6 Å². The number of anilines is 2. The summed E-state index contributed by atoms with van der Waals surface area (Å²) < 4.78 is 3.73. The first kappa shape index (κ1) is 22.3. The maximum atomic E-state index is 6.33. The lowest BCUT2D eigenvalue weighted by molar-refractivity contribution is 0.659. The Balaban J connectivity index is 1.43. The van der Waals surface area contributed by atoms with E-state index in [0.717, 1.165) is 28.3 Å². The van der Waals surface area contributed by atoms with Crippen molar-refractivity contribution >= 4 is 51.9 Å². The molecular weight excluding hydrogens is 463 g/mol. The van der Waals surface area contributed by atoms with Crippen LogP contribution in [0.25, 0.3) is 0 Å². The average Bonchev–Trinajstić information content (AvgIpc) is 3.30. The molecule has 0 bridgehead atoms. The van der Waals surface area contributed by atoms with Crippen LogP contribution >= 0.6 is 35.4 Å². The van der Waals surface area contributed by atoms with Crippen LogP contribution in [0.4, 0.5) is 11.4 Å². The molecule has 0 fully saturated rings. The zero-order chi connectivity index (χ0) is 22.7. The molecule has 2 aromatic carbocycles. The Hall–Kier alpha value is -2.87. The van der Waals surface area contributed by atoms with Gasteiger partial charge >= 0.3 is 0 Å². The van der Waals surface area contributed by atoms with E-state index in [1.165, 1.54) is 5.56 Å². The Morgan fingerprint density at radius 3 is 2.41 bits per heavy atom. The van der Waals surface area contributed by atoms with Crippen molar-refractivity contribution in [1.29, 1.82) is 0 Å². The third kappa shape index (κ3) is 5.12. The molecular formula is C23H22Cl2N6S. The minimum Gasteiger partial charge on any atom is -0.330 e. The molecule has 6 nitrogen and oxygen atoms in total. The van der Waals surface area contributed by atoms with E-state index in [4.69, 9.17) is 35.4 Å². The predicted octanol–water partition coefficient (Wildman–Crippen LogP) is 5.91. The van der Waals surface area contributed by atoms with Crippen molar-refractivity contribution in [3.8, 4) is 0 Å². The van der Waals surface area contributed by atoms with Gasteiger partial charge in [0.15, 0.2) is 5.11 Å². The molecule has 0 aliphatic rings. The van der Waals surface area contributed by atoms with E-state index in [-0.39, 0.29) is 0 Å². The van der Waals surface area contributed by atoms with Gasteiger partial charge in [-0.3, -0.25) is 9.36 Å². The highest BCUT2D eigenvalue weighted by atomic mass is 35.5. The maximum Gasteiger partial charge on any atom is 0.175 e. The quantitative estimate of drug-likeness (QED) is 0.333. The number of hydrogen-bond donors (Lipinski definition) is 2. The van der Waals surface area contributed by atoms with Gasteiger partial charge in [0.25, 0.3) is 0 Å². The van der Waals surface area contributed by atoms with Crippen LogP contribution in [0.2, 0.25) is 10.0 Å². The fraction of sp³-hybridized carbons (Fsp3) is 0.174. The Labute approximate surface area is 202 Å². The third-order valence-corrected chi connectivity index (χ3v) is 5.98. The van der Waals surface area contributed by atoms with Gasteiger partial charge in [-0.2, -0.15) is 10.2 Å². The van der Waals surface area contributed by atoms with Crippen molar-refractivity contribution in [2.75, 3.05) is 10.6 Å². The average molecular weight is 485 g/mol. The van der Waals surface area contributed by atoms with E-state index >= 15 is 0 Å². The molecule has 0 saturated carbocycles. The number of benzene rings is 2. The Bertz CT molecular complexity index is 1230. The zero-order valence-corrected chi connectivity index (χ0v) is 20.0. The molecule has 0 saturated heterocycles. The van der Waals surface area contributed by atoms with Gasteiger partial charge in [-0.25, -0.2) is 0 Å². The van der Waals surface area contributed by atoms with Crippen LogP contribution in [0.15, 0.2) is 60.9 Å². The van der Waals surface area contributed by atoms with Gasteiger partial charge in [0.1, 0.15) is 0 Å². The molecule has 0 atom stereocenters. The molecule has 4 aromatic rings. The second-order valence-electron chi connectivity index (χ2n) is 7.39. The third-order valence-electron chi connectivity index (χ3n) is 5.07. The number of thiocarbonyl (C=S) groups is 1. The van der Waals surface area contributed by atoms with Gasteiger partial charge in [0, 0.05) is 21.8 Å². The molecule has 0 unspecified atom stereocenters. The molecule has 0 radical (unpaired) electrons. The molecule has 164 valence electrons. The normalized spacial score (nSPS) is 10.9. The highest BCUT2D eigenvalue weighted by Crippen LogP contribution is 2.27. The minimum absolute atomic E-state index is 0.464. The summed E-state index contributed by atoms with van der Waals surface area (Å²) in [6, 6.07) is 15.6. The molecule has 32 heavy (non-hydrogen) atoms. The van der Waals surface area contributed by atoms with E-state index < -0.39 is 0 Å². The maximum absolute atomic E-state index is 6.33. The first-order chi connectivity index (χ1) is 15.4. The first-order valence-corrected chi connectivity index (χ1v) is 11.2. The van der Waals surface area contributed by atoms with E-state index in [2.05, 4.69) is 33.0 Å². The van der Waals surface area contributed by atoms with Crippen LogP contribution in [-0.2, 0) is 13.1 Å². The van der Waals surface area contributed by atoms with E-state index in [9.17, 15) is 0 Å². The van der Waals surface area contributed by atoms with Gasteiger partial charge in [-0.05, 0) is 43.8 Å². The molecule has 4 rings (SSSR count). The van der Waals surface area contributed by atoms with Crippen molar-refractivity contribution in [1.82, 2.24) is 19.6 Å². The number of aromatic nitrogens is 4. The molecule has 0 spiro atoms. The number of halogens is 2. The lowest BCUT2D eigenvalue weighted by Crippen LogP contribution is -2.19. The van der Waals surface area contributed by atoms with E-state index in [1.54, 1.807) is 6.20 Å². The Kier molecular flexibility index (Phi) is 6.79. The molecule has 9 heteroatoms. The van der Waals surface area contributed by atoms with Gasteiger partial charge in [0.05, 0.1) is 42.0 Å². The summed E-state index contributed by atoms with van der Waals surface area (Å²) in [4.78, 5) is 0. The standard InChI is InChI=1S/C23H22Cl2N6S/c1-15-22(16(2)31(29-15)14-19-20(24)9-6-10-21(19)25)28-23(32)27-18-11-26-30(13-18)12-17-7-4-3-5-8-17/h3-11,13H,12,14H2,1-2H3,(H2,27,28,32). The fourth-order valence-electron chi connectivity index (χ4n) is 3.43. The summed E-state index contributed by atoms with van der Waals surface area (Å²) in [6.07, 6.45) is 3.67. The summed E-state index contributed by atoms with van der Waals surface area (Å²) in [5, 5.41) is 17.2. The second-order valence-corrected chi connectivity index (χ2v) is 8.62. The van der Waals surface area contributed by atoms with Gasteiger partial charge in [-0.1, -0.05) is 59.6 Å². The van der Waals surface area contributed by atoms with Crippen molar-refractivity contribution in [3.05, 3.63) is 93.5 Å². The summed E-state index contributed by atoms with van der Waals surface area (Å²) >= 11 is 18.2. The number of nitrogens with one attached hydrogen (secondary N) is 2. The zero-order valence-electron chi connectivity index (χ0n) is 17.6. The number of hydrogen-bond acceptors (Lipinski definition) is 3. The molecule has 2 N–H and O–H groups in total. The largest absolute Gasteiger partial charge is 0.330 e.